The Morgan fingerprint density at radius 2 is 1.78 bits per heavy atom. The molecule has 36 heavy (non-hydrogen) atoms. The lowest BCUT2D eigenvalue weighted by Gasteiger charge is -2.20. The van der Waals surface area contributed by atoms with Gasteiger partial charge in [0.15, 0.2) is 0 Å². The van der Waals surface area contributed by atoms with Gasteiger partial charge in [-0.05, 0) is 36.4 Å². The van der Waals surface area contributed by atoms with Gasteiger partial charge < -0.3 is 15.0 Å². The number of fused-ring (bicyclic) bond motifs is 1. The highest BCUT2D eigenvalue weighted by atomic mass is 19.4. The number of aromatic amines is 1. The largest absolute Gasteiger partial charge is 0.417 e. The maximum absolute atomic E-state index is 14.1. The van der Waals surface area contributed by atoms with Crippen LogP contribution in [0.1, 0.15) is 32.1 Å². The van der Waals surface area contributed by atoms with Crippen LogP contribution in [0.5, 0.6) is 0 Å². The van der Waals surface area contributed by atoms with Crippen LogP contribution >= 0.6 is 0 Å². The van der Waals surface area contributed by atoms with Gasteiger partial charge in [0.2, 0.25) is 0 Å². The van der Waals surface area contributed by atoms with Crippen molar-refractivity contribution in [3.63, 3.8) is 0 Å². The molecule has 0 saturated heterocycles. The van der Waals surface area contributed by atoms with E-state index in [0.29, 0.717) is 10.8 Å². The van der Waals surface area contributed by atoms with E-state index in [0.717, 1.165) is 24.3 Å². The van der Waals surface area contributed by atoms with Crippen molar-refractivity contribution in [2.24, 2.45) is 5.84 Å². The van der Waals surface area contributed by atoms with Crippen LogP contribution in [0.4, 0.5) is 28.9 Å². The lowest BCUT2D eigenvalue weighted by Crippen LogP contribution is -2.38. The average molecular weight is 501 g/mol. The van der Waals surface area contributed by atoms with E-state index in [4.69, 9.17) is 10.6 Å². The van der Waals surface area contributed by atoms with Crippen molar-refractivity contribution in [2.75, 3.05) is 17.4 Å². The molecule has 0 unspecified atom stereocenters. The van der Waals surface area contributed by atoms with Crippen LogP contribution in [0.25, 0.3) is 11.0 Å². The Labute approximate surface area is 201 Å². The molecule has 8 nitrogen and oxygen atoms in total. The van der Waals surface area contributed by atoms with Gasteiger partial charge in [-0.15, -0.1) is 0 Å². The zero-order valence-corrected chi connectivity index (χ0v) is 18.7. The molecule has 0 aliphatic rings. The third-order valence-corrected chi connectivity index (χ3v) is 5.23. The van der Waals surface area contributed by atoms with Crippen molar-refractivity contribution < 1.29 is 31.9 Å². The molecule has 2 amide bonds. The number of H-pyrrole nitrogens is 1. The van der Waals surface area contributed by atoms with Gasteiger partial charge in [0.1, 0.15) is 23.8 Å². The molecule has 0 aliphatic heterocycles. The van der Waals surface area contributed by atoms with E-state index in [-0.39, 0.29) is 34.6 Å². The second kappa shape index (κ2) is 9.76. The van der Waals surface area contributed by atoms with E-state index in [1.807, 2.05) is 0 Å². The van der Waals surface area contributed by atoms with Crippen LogP contribution in [-0.2, 0) is 17.5 Å². The number of rotatable bonds is 6. The van der Waals surface area contributed by atoms with Crippen molar-refractivity contribution in [3.05, 3.63) is 89.0 Å². The lowest BCUT2D eigenvalue weighted by molar-refractivity contribution is -0.137. The molecule has 0 saturated carbocycles. The molecule has 0 fully saturated rings. The number of carbonyl (C=O) groups is 2. The summed E-state index contributed by atoms with van der Waals surface area (Å²) in [5.41, 5.74) is -1.72. The first-order valence-electron chi connectivity index (χ1n) is 10.4. The average Bonchev–Trinajstić information content (AvgIpc) is 3.26. The molecule has 12 heteroatoms. The van der Waals surface area contributed by atoms with E-state index in [9.17, 15) is 27.2 Å². The summed E-state index contributed by atoms with van der Waals surface area (Å²) in [6.07, 6.45) is -4.79. The number of alkyl halides is 3. The maximum Gasteiger partial charge on any atom is 0.417 e. The molecule has 4 aromatic rings. The predicted octanol–water partition coefficient (Wildman–Crippen LogP) is 4.64. The summed E-state index contributed by atoms with van der Waals surface area (Å²) >= 11 is 0. The third kappa shape index (κ3) is 4.90. The predicted molar refractivity (Wildman–Crippen MR) is 124 cm³/mol. The number of hydrogen-bond acceptors (Lipinski definition) is 5. The fraction of sp³-hybridized carbons (Fsp3) is 0.125. The molecule has 0 aliphatic carbocycles. The number of imidazole rings is 1. The number of carbonyl (C=O) groups excluding carboxylic acids is 2. The molecular weight excluding hydrogens is 482 g/mol. The highest BCUT2D eigenvalue weighted by Crippen LogP contribution is 2.33. The van der Waals surface area contributed by atoms with Gasteiger partial charge in [-0.25, -0.2) is 20.2 Å². The number of para-hydroxylation sites is 1. The number of amides is 2. The number of hydrogen-bond donors (Lipinski definition) is 3. The van der Waals surface area contributed by atoms with E-state index in [1.54, 1.807) is 0 Å². The smallest absolute Gasteiger partial charge is 0.377 e. The first kappa shape index (κ1) is 24.8. The molecule has 0 atom stereocenters. The number of aromatic nitrogens is 2. The molecule has 4 N–H and O–H groups in total. The van der Waals surface area contributed by atoms with Gasteiger partial charge in [0, 0.05) is 7.11 Å². The molecule has 4 rings (SSSR count). The quantitative estimate of drug-likeness (QED) is 0.154. The van der Waals surface area contributed by atoms with Gasteiger partial charge >= 0.3 is 6.18 Å². The van der Waals surface area contributed by atoms with Gasteiger partial charge in [0.05, 0.1) is 33.6 Å². The molecule has 0 spiro atoms. The minimum atomic E-state index is -4.79. The molecule has 0 bridgehead atoms. The molecule has 1 heterocycles. The number of nitrogens with two attached hydrogens (primary N) is 1. The van der Waals surface area contributed by atoms with Crippen molar-refractivity contribution in [1.29, 1.82) is 0 Å². The molecule has 3 aromatic carbocycles. The van der Waals surface area contributed by atoms with Crippen LogP contribution in [0.3, 0.4) is 0 Å². The summed E-state index contributed by atoms with van der Waals surface area (Å²) < 4.78 is 59.5. The maximum atomic E-state index is 14.1. The van der Waals surface area contributed by atoms with E-state index in [1.165, 1.54) is 43.5 Å². The zero-order valence-electron chi connectivity index (χ0n) is 18.7. The number of anilines is 2. The fourth-order valence-electron chi connectivity index (χ4n) is 3.59. The highest BCUT2D eigenvalue weighted by molar-refractivity contribution is 6.14. The van der Waals surface area contributed by atoms with E-state index in [2.05, 4.69) is 15.3 Å². The topological polar surface area (TPSA) is 113 Å². The molecule has 1 aromatic heterocycles. The Kier molecular flexibility index (Phi) is 6.73. The monoisotopic (exact) mass is 501 g/mol. The van der Waals surface area contributed by atoms with Crippen molar-refractivity contribution in [3.8, 4) is 0 Å². The summed E-state index contributed by atoms with van der Waals surface area (Å²) in [7, 11) is 1.43. The first-order valence-corrected chi connectivity index (χ1v) is 10.4. The summed E-state index contributed by atoms with van der Waals surface area (Å²) in [4.78, 5) is 33.3. The SMILES string of the molecule is COCc1nc2c(C(=O)Nc3ccccc3F)cc(N(N)C(=O)c3ccccc3C(F)(F)F)cc2[nH]1. The highest BCUT2D eigenvalue weighted by Gasteiger charge is 2.36. The minimum absolute atomic E-state index is 0.0581. The van der Waals surface area contributed by atoms with E-state index < -0.39 is 34.9 Å². The Morgan fingerprint density at radius 3 is 2.47 bits per heavy atom. The Balaban J connectivity index is 1.79. The Morgan fingerprint density at radius 1 is 1.08 bits per heavy atom. The minimum Gasteiger partial charge on any atom is -0.377 e. The summed E-state index contributed by atoms with van der Waals surface area (Å²) in [5.74, 6) is 3.67. The van der Waals surface area contributed by atoms with Crippen LogP contribution in [-0.4, -0.2) is 28.9 Å². The number of benzene rings is 3. The first-order chi connectivity index (χ1) is 17.1. The van der Waals surface area contributed by atoms with Crippen LogP contribution in [0.15, 0.2) is 60.7 Å². The van der Waals surface area contributed by atoms with Gasteiger partial charge in [-0.2, -0.15) is 13.2 Å². The standard InChI is InChI=1S/C24H19F4N5O3/c1-36-12-20-30-19-11-13(33(29)23(35)14-6-2-3-7-16(14)24(26,27)28)10-15(21(19)32-20)22(34)31-18-9-5-4-8-17(18)25/h2-11H,12,29H2,1H3,(H,30,32)(H,31,34). The van der Waals surface area contributed by atoms with Crippen molar-refractivity contribution in [1.82, 2.24) is 9.97 Å². The van der Waals surface area contributed by atoms with Gasteiger partial charge in [-0.3, -0.25) is 9.59 Å². The van der Waals surface area contributed by atoms with Crippen LogP contribution in [0.2, 0.25) is 0 Å². The summed E-state index contributed by atoms with van der Waals surface area (Å²) in [6, 6.07) is 12.2. The molecular formula is C24H19F4N5O3. The number of nitrogens with zero attached hydrogens (tertiary/aromatic N) is 2. The van der Waals surface area contributed by atoms with Crippen molar-refractivity contribution >= 4 is 34.2 Å². The fourth-order valence-corrected chi connectivity index (χ4v) is 3.59. The third-order valence-electron chi connectivity index (χ3n) is 5.23. The van der Waals surface area contributed by atoms with Gasteiger partial charge in [0.25, 0.3) is 11.8 Å². The molecule has 186 valence electrons. The van der Waals surface area contributed by atoms with Gasteiger partial charge in [-0.1, -0.05) is 24.3 Å². The normalized spacial score (nSPS) is 11.5. The van der Waals surface area contributed by atoms with Crippen molar-refractivity contribution in [2.45, 2.75) is 12.8 Å². The summed E-state index contributed by atoms with van der Waals surface area (Å²) in [5, 5.41) is 2.92. The summed E-state index contributed by atoms with van der Waals surface area (Å²) in [6.45, 7) is 0.0581. The van der Waals surface area contributed by atoms with Crippen LogP contribution in [0, 0.1) is 5.82 Å². The van der Waals surface area contributed by atoms with Crippen LogP contribution < -0.4 is 16.2 Å². The number of nitrogens with one attached hydrogen (secondary N) is 2. The Bertz CT molecular complexity index is 1450. The Hall–Kier alpha value is -4.29. The number of ether oxygens (including phenoxy) is 1. The second-order valence-corrected chi connectivity index (χ2v) is 7.66. The lowest BCUT2D eigenvalue weighted by atomic mass is 10.1. The second-order valence-electron chi connectivity index (χ2n) is 7.66. The molecule has 0 radical (unpaired) electrons. The number of halogens is 4. The zero-order chi connectivity index (χ0) is 26.0. The van der Waals surface area contributed by atoms with E-state index >= 15 is 0 Å². The number of hydrazine groups is 1. The number of methoxy groups -OCH3 is 1.